The van der Waals surface area contributed by atoms with Gasteiger partial charge in [-0.05, 0) is 38.5 Å². The third-order valence-electron chi connectivity index (χ3n) is 4.41. The monoisotopic (exact) mass is 369 g/mol. The Kier molecular flexibility index (Phi) is 4.09. The van der Waals surface area contributed by atoms with Crippen LogP contribution in [0, 0.1) is 6.92 Å². The number of H-pyrrole nitrogens is 1. The lowest BCUT2D eigenvalue weighted by molar-refractivity contribution is 0.0370. The lowest BCUT2D eigenvalue weighted by Gasteiger charge is -2.09. The summed E-state index contributed by atoms with van der Waals surface area (Å²) in [5.41, 5.74) is 3.49. The van der Waals surface area contributed by atoms with E-state index in [-0.39, 0.29) is 17.7 Å². The standard InChI is InChI=1S/C19H19N3O5/c1-8(2)26-19(25)16-9(3)14-11(6-20-16)21-10-4-5-13-17(15(10)14)22-18(27-13)12(24)7-23/h4-6,8,12,21,23-24H,7H2,1-3H3. The molecule has 140 valence electrons. The Balaban J connectivity index is 2.01. The van der Waals surface area contributed by atoms with Crippen molar-refractivity contribution in [3.63, 3.8) is 0 Å². The Morgan fingerprint density at radius 1 is 1.30 bits per heavy atom. The summed E-state index contributed by atoms with van der Waals surface area (Å²) >= 11 is 0. The molecular weight excluding hydrogens is 350 g/mol. The van der Waals surface area contributed by atoms with E-state index >= 15 is 0 Å². The topological polar surface area (TPSA) is 121 Å². The normalized spacial score (nSPS) is 13.1. The number of fused-ring (bicyclic) bond motifs is 5. The summed E-state index contributed by atoms with van der Waals surface area (Å²) in [5, 5.41) is 20.5. The number of aliphatic hydroxyl groups is 2. The molecule has 0 aliphatic rings. The molecule has 3 N–H and O–H groups in total. The van der Waals surface area contributed by atoms with Crippen molar-refractivity contribution in [1.29, 1.82) is 0 Å². The van der Waals surface area contributed by atoms with Gasteiger partial charge in [0.15, 0.2) is 17.4 Å². The average molecular weight is 369 g/mol. The molecule has 4 rings (SSSR count). The van der Waals surface area contributed by atoms with Crippen molar-refractivity contribution in [2.75, 3.05) is 6.61 Å². The molecule has 1 atom stereocenters. The van der Waals surface area contributed by atoms with E-state index in [1.54, 1.807) is 26.1 Å². The maximum Gasteiger partial charge on any atom is 0.357 e. The fraction of sp³-hybridized carbons (Fsp3) is 0.316. The van der Waals surface area contributed by atoms with Crippen LogP contribution in [-0.4, -0.2) is 43.8 Å². The van der Waals surface area contributed by atoms with Crippen LogP contribution in [0.15, 0.2) is 22.7 Å². The number of hydrogen-bond acceptors (Lipinski definition) is 7. The summed E-state index contributed by atoms with van der Waals surface area (Å²) in [4.78, 5) is 24.3. The van der Waals surface area contributed by atoms with E-state index in [0.717, 1.165) is 21.8 Å². The van der Waals surface area contributed by atoms with Gasteiger partial charge in [0.05, 0.1) is 24.4 Å². The number of oxazole rings is 1. The number of aromatic amines is 1. The van der Waals surface area contributed by atoms with E-state index in [2.05, 4.69) is 15.0 Å². The second-order valence-corrected chi connectivity index (χ2v) is 6.68. The van der Waals surface area contributed by atoms with E-state index in [4.69, 9.17) is 14.3 Å². The minimum absolute atomic E-state index is 0.0421. The van der Waals surface area contributed by atoms with Gasteiger partial charge in [0.1, 0.15) is 5.52 Å². The Labute approximate surface area is 153 Å². The molecule has 8 nitrogen and oxygen atoms in total. The Morgan fingerprint density at radius 3 is 2.78 bits per heavy atom. The molecule has 0 spiro atoms. The number of esters is 1. The molecule has 0 amide bonds. The zero-order valence-corrected chi connectivity index (χ0v) is 15.1. The maximum atomic E-state index is 12.4. The van der Waals surface area contributed by atoms with Crippen LogP contribution in [0.25, 0.3) is 32.9 Å². The second-order valence-electron chi connectivity index (χ2n) is 6.68. The van der Waals surface area contributed by atoms with Crippen LogP contribution in [0.2, 0.25) is 0 Å². The molecule has 0 saturated heterocycles. The number of hydrogen-bond donors (Lipinski definition) is 3. The third-order valence-corrected chi connectivity index (χ3v) is 4.41. The van der Waals surface area contributed by atoms with Gasteiger partial charge >= 0.3 is 5.97 Å². The number of aromatic nitrogens is 3. The van der Waals surface area contributed by atoms with Crippen LogP contribution in [0.1, 0.15) is 41.9 Å². The number of aliphatic hydroxyl groups excluding tert-OH is 2. The van der Waals surface area contributed by atoms with Crippen LogP contribution in [0.4, 0.5) is 0 Å². The number of aryl methyl sites for hydroxylation is 1. The van der Waals surface area contributed by atoms with E-state index in [0.29, 0.717) is 16.7 Å². The van der Waals surface area contributed by atoms with Gasteiger partial charge in [0.25, 0.3) is 0 Å². The minimum atomic E-state index is -1.20. The van der Waals surface area contributed by atoms with Crippen LogP contribution >= 0.6 is 0 Å². The van der Waals surface area contributed by atoms with Crippen molar-refractivity contribution in [2.24, 2.45) is 0 Å². The highest BCUT2D eigenvalue weighted by molar-refractivity contribution is 6.20. The molecule has 1 unspecified atom stereocenters. The molecule has 0 radical (unpaired) electrons. The molecule has 3 aromatic heterocycles. The Hall–Kier alpha value is -2.97. The lowest BCUT2D eigenvalue weighted by Crippen LogP contribution is -2.14. The molecule has 1 aromatic carbocycles. The number of carbonyl (C=O) groups excluding carboxylic acids is 1. The molecule has 27 heavy (non-hydrogen) atoms. The molecule has 0 aliphatic carbocycles. The Bertz CT molecular complexity index is 1170. The quantitative estimate of drug-likeness (QED) is 0.473. The fourth-order valence-corrected chi connectivity index (χ4v) is 3.24. The van der Waals surface area contributed by atoms with Crippen molar-refractivity contribution in [1.82, 2.24) is 15.0 Å². The second kappa shape index (κ2) is 6.33. The van der Waals surface area contributed by atoms with E-state index < -0.39 is 18.7 Å². The molecule has 3 heterocycles. The zero-order valence-electron chi connectivity index (χ0n) is 15.1. The van der Waals surface area contributed by atoms with Gasteiger partial charge in [-0.2, -0.15) is 0 Å². The average Bonchev–Trinajstić information content (AvgIpc) is 3.21. The summed E-state index contributed by atoms with van der Waals surface area (Å²) < 4.78 is 10.9. The number of ether oxygens (including phenoxy) is 1. The van der Waals surface area contributed by atoms with Gasteiger partial charge in [-0.3, -0.25) is 0 Å². The SMILES string of the molecule is Cc1c(C(=O)OC(C)C)ncc2[nH]c3ccc4oc(C(O)CO)nc4c3c12. The van der Waals surface area contributed by atoms with Crippen molar-refractivity contribution in [3.05, 3.63) is 35.5 Å². The first kappa shape index (κ1) is 17.4. The van der Waals surface area contributed by atoms with Crippen LogP contribution in [0.3, 0.4) is 0 Å². The molecule has 0 fully saturated rings. The van der Waals surface area contributed by atoms with E-state index in [1.165, 1.54) is 0 Å². The highest BCUT2D eigenvalue weighted by atomic mass is 16.5. The summed E-state index contributed by atoms with van der Waals surface area (Å²) in [6.45, 7) is 4.88. The van der Waals surface area contributed by atoms with Crippen LogP contribution in [0.5, 0.6) is 0 Å². The lowest BCUT2D eigenvalue weighted by atomic mass is 10.1. The first-order chi connectivity index (χ1) is 12.9. The minimum Gasteiger partial charge on any atom is -0.458 e. The smallest absolute Gasteiger partial charge is 0.357 e. The molecule has 0 saturated carbocycles. The van der Waals surface area contributed by atoms with Gasteiger partial charge < -0.3 is 24.4 Å². The fourth-order valence-electron chi connectivity index (χ4n) is 3.24. The summed E-state index contributed by atoms with van der Waals surface area (Å²) in [7, 11) is 0. The number of rotatable bonds is 4. The van der Waals surface area contributed by atoms with Crippen molar-refractivity contribution in [2.45, 2.75) is 33.0 Å². The summed E-state index contributed by atoms with van der Waals surface area (Å²) in [6, 6.07) is 3.58. The molecular formula is C19H19N3O5. The third kappa shape index (κ3) is 2.73. The predicted octanol–water partition coefficient (Wildman–Crippen LogP) is 2.76. The predicted molar refractivity (Wildman–Crippen MR) is 98.5 cm³/mol. The van der Waals surface area contributed by atoms with Crippen molar-refractivity contribution >= 4 is 38.9 Å². The van der Waals surface area contributed by atoms with Crippen LogP contribution < -0.4 is 0 Å². The number of nitrogens with zero attached hydrogens (tertiary/aromatic N) is 2. The van der Waals surface area contributed by atoms with Gasteiger partial charge in [-0.15, -0.1) is 0 Å². The highest BCUT2D eigenvalue weighted by Crippen LogP contribution is 2.35. The molecule has 0 aliphatic heterocycles. The first-order valence-corrected chi connectivity index (χ1v) is 8.61. The molecule has 4 aromatic rings. The van der Waals surface area contributed by atoms with Gasteiger partial charge in [-0.1, -0.05) is 0 Å². The van der Waals surface area contributed by atoms with Gasteiger partial charge in [0.2, 0.25) is 5.89 Å². The largest absolute Gasteiger partial charge is 0.458 e. The van der Waals surface area contributed by atoms with Crippen molar-refractivity contribution < 1.29 is 24.2 Å². The number of carbonyl (C=O) groups is 1. The summed E-state index contributed by atoms with van der Waals surface area (Å²) in [5.74, 6) is -0.442. The number of pyridine rings is 1. The number of nitrogens with one attached hydrogen (secondary N) is 1. The van der Waals surface area contributed by atoms with Gasteiger partial charge in [-0.25, -0.2) is 14.8 Å². The van der Waals surface area contributed by atoms with Crippen molar-refractivity contribution in [3.8, 4) is 0 Å². The number of benzene rings is 1. The van der Waals surface area contributed by atoms with Gasteiger partial charge in [0, 0.05) is 16.3 Å². The maximum absolute atomic E-state index is 12.4. The van der Waals surface area contributed by atoms with E-state index in [9.17, 15) is 9.90 Å². The molecule has 0 bridgehead atoms. The zero-order chi connectivity index (χ0) is 19.3. The summed E-state index contributed by atoms with van der Waals surface area (Å²) in [6.07, 6.45) is 0.147. The highest BCUT2D eigenvalue weighted by Gasteiger charge is 2.22. The molecule has 8 heteroatoms. The van der Waals surface area contributed by atoms with E-state index in [1.807, 2.05) is 13.0 Å². The van der Waals surface area contributed by atoms with Crippen LogP contribution in [-0.2, 0) is 4.74 Å². The Morgan fingerprint density at radius 2 is 2.07 bits per heavy atom. The first-order valence-electron chi connectivity index (χ1n) is 8.61.